The third-order valence-electron chi connectivity index (χ3n) is 8.13. The fourth-order valence-corrected chi connectivity index (χ4v) is 8.27. The Morgan fingerprint density at radius 3 is 2.53 bits per heavy atom. The van der Waals surface area contributed by atoms with Crippen LogP contribution in [0, 0.1) is 5.92 Å². The zero-order valence-corrected chi connectivity index (χ0v) is 26.1. The molecule has 0 spiro atoms. The van der Waals surface area contributed by atoms with Gasteiger partial charge in [0.2, 0.25) is 11.8 Å². The van der Waals surface area contributed by atoms with Crippen molar-refractivity contribution in [1.82, 2.24) is 14.0 Å². The van der Waals surface area contributed by atoms with E-state index in [0.29, 0.717) is 70.7 Å². The van der Waals surface area contributed by atoms with E-state index in [-0.39, 0.29) is 22.9 Å². The first kappa shape index (κ1) is 31.5. The van der Waals surface area contributed by atoms with Gasteiger partial charge in [-0.05, 0) is 66.3 Å². The number of hydrogen-bond acceptors (Lipinski definition) is 9. The fraction of sp³-hybridized carbons (Fsp3) is 0.379. The van der Waals surface area contributed by atoms with Gasteiger partial charge in [-0.25, -0.2) is 4.72 Å². The number of hydrogen-bond donors (Lipinski definition) is 2. The minimum absolute atomic E-state index is 0.0224. The Kier molecular flexibility index (Phi) is 8.63. The molecule has 16 heteroatoms. The molecule has 3 aromatic rings. The van der Waals surface area contributed by atoms with Gasteiger partial charge in [-0.2, -0.15) is 41.1 Å². The third-order valence-corrected chi connectivity index (χ3v) is 11.0. The van der Waals surface area contributed by atoms with Crippen molar-refractivity contribution in [2.75, 3.05) is 31.1 Å². The highest BCUT2D eigenvalue weighted by atomic mass is 35.5. The Labute approximate surface area is 265 Å². The van der Waals surface area contributed by atoms with Crippen molar-refractivity contribution in [1.29, 1.82) is 0 Å². The van der Waals surface area contributed by atoms with Crippen molar-refractivity contribution < 1.29 is 31.5 Å². The number of carbonyl (C=O) groups is 1. The van der Waals surface area contributed by atoms with Crippen LogP contribution < -0.4 is 20.2 Å². The lowest BCUT2D eigenvalue weighted by molar-refractivity contribution is -0.138. The Hall–Kier alpha value is -3.53. The van der Waals surface area contributed by atoms with Crippen LogP contribution in [0.5, 0.6) is 5.88 Å². The van der Waals surface area contributed by atoms with Gasteiger partial charge in [0.15, 0.2) is 5.13 Å². The fourth-order valence-electron chi connectivity index (χ4n) is 5.73. The van der Waals surface area contributed by atoms with Crippen molar-refractivity contribution in [2.45, 2.75) is 38.3 Å². The first-order valence-electron chi connectivity index (χ1n) is 14.3. The van der Waals surface area contributed by atoms with Gasteiger partial charge < -0.3 is 10.0 Å². The predicted octanol–water partition coefficient (Wildman–Crippen LogP) is 3.60. The number of nitrogens with one attached hydrogen (secondary N) is 1. The summed E-state index contributed by atoms with van der Waals surface area (Å²) in [4.78, 5) is 19.3. The smallest absolute Gasteiger partial charge is 0.416 e. The summed E-state index contributed by atoms with van der Waals surface area (Å²) >= 11 is 7.06. The number of rotatable bonds is 7. The van der Waals surface area contributed by atoms with Crippen LogP contribution in [0.4, 0.5) is 18.3 Å². The molecule has 1 aromatic heterocycles. The zero-order valence-electron chi connectivity index (χ0n) is 23.7. The maximum atomic E-state index is 14.0. The molecule has 4 heterocycles. The summed E-state index contributed by atoms with van der Waals surface area (Å²) in [6, 6.07) is 8.79. The average Bonchev–Trinajstić information content (AvgIpc) is 3.77. The molecule has 1 amide bonds. The number of nitrogens with zero attached hydrogens (tertiary/aromatic N) is 5. The second-order valence-electron chi connectivity index (χ2n) is 11.1. The van der Waals surface area contributed by atoms with Gasteiger partial charge in [0.25, 0.3) is 0 Å². The molecule has 238 valence electrons. The van der Waals surface area contributed by atoms with Gasteiger partial charge >= 0.3 is 16.4 Å². The summed E-state index contributed by atoms with van der Waals surface area (Å²) < 4.78 is 70.6. The molecule has 2 aromatic carbocycles. The predicted molar refractivity (Wildman–Crippen MR) is 164 cm³/mol. The number of thiazole rings is 1. The topological polar surface area (TPSA) is 128 Å². The number of aromatic nitrogens is 1. The lowest BCUT2D eigenvalue weighted by Crippen LogP contribution is -2.46. The molecule has 2 N–H and O–H groups in total. The summed E-state index contributed by atoms with van der Waals surface area (Å²) in [6.07, 6.45) is -1.04. The Bertz CT molecular complexity index is 1900. The van der Waals surface area contributed by atoms with Crippen LogP contribution in [0.2, 0.25) is 5.02 Å². The van der Waals surface area contributed by atoms with Crippen LogP contribution in [-0.2, 0) is 27.6 Å². The number of fused-ring (bicyclic) bond motifs is 1. The number of benzene rings is 2. The standard InChI is InChI=1S/C29H28ClF3N6O4S2/c30-21-5-3-19(23(15-21)29(31,32)33)14-22(18-4-6-24-20(13-18)16-34-36-24)25-27(41)35-28(44-25)38-11-7-17(8-12-38)26(40)37-45(42,43)39-9-1-2-10-39/h3-6,13,15-17,41H,1-2,7-12,14H2,(H,37,40). The molecular weight excluding hydrogens is 653 g/mol. The van der Waals surface area contributed by atoms with E-state index in [1.807, 2.05) is 4.90 Å². The highest BCUT2D eigenvalue weighted by Gasteiger charge is 2.35. The molecule has 0 unspecified atom stereocenters. The number of amides is 1. The van der Waals surface area contributed by atoms with Crippen LogP contribution in [0.1, 0.15) is 47.3 Å². The molecule has 2 saturated heterocycles. The maximum absolute atomic E-state index is 14.0. The highest BCUT2D eigenvalue weighted by Crippen LogP contribution is 2.40. The third kappa shape index (κ3) is 6.71. The molecule has 3 aliphatic rings. The largest absolute Gasteiger partial charge is 0.492 e. The lowest BCUT2D eigenvalue weighted by Gasteiger charge is -2.31. The molecule has 0 aliphatic carbocycles. The average molecular weight is 681 g/mol. The molecule has 3 aliphatic heterocycles. The summed E-state index contributed by atoms with van der Waals surface area (Å²) in [6.45, 7) is 1.52. The van der Waals surface area contributed by atoms with Crippen LogP contribution in [-0.4, -0.2) is 61.1 Å². The number of piperidine rings is 1. The van der Waals surface area contributed by atoms with Gasteiger partial charge in [-0.1, -0.05) is 35.1 Å². The minimum atomic E-state index is -4.65. The van der Waals surface area contributed by atoms with E-state index in [0.717, 1.165) is 30.2 Å². The van der Waals surface area contributed by atoms with Gasteiger partial charge in [0.05, 0.1) is 22.0 Å². The van der Waals surface area contributed by atoms with Crippen molar-refractivity contribution >= 4 is 56.0 Å². The van der Waals surface area contributed by atoms with E-state index in [4.69, 9.17) is 11.6 Å². The number of alkyl halides is 3. The molecule has 10 nitrogen and oxygen atoms in total. The minimum Gasteiger partial charge on any atom is -0.492 e. The molecule has 45 heavy (non-hydrogen) atoms. The monoisotopic (exact) mass is 680 g/mol. The van der Waals surface area contributed by atoms with Crippen molar-refractivity contribution in [2.24, 2.45) is 16.1 Å². The van der Waals surface area contributed by atoms with Crippen LogP contribution in [0.15, 0.2) is 46.6 Å². The van der Waals surface area contributed by atoms with E-state index >= 15 is 0 Å². The second kappa shape index (κ2) is 12.3. The van der Waals surface area contributed by atoms with E-state index in [9.17, 15) is 31.5 Å². The first-order valence-corrected chi connectivity index (χ1v) is 16.9. The number of anilines is 1. The number of carbonyl (C=O) groups excluding carboxylic acids is 1. The lowest BCUT2D eigenvalue weighted by atomic mass is 9.96. The molecule has 2 fully saturated rings. The Balaban J connectivity index is 1.27. The van der Waals surface area contributed by atoms with Crippen LogP contribution >= 0.6 is 22.9 Å². The number of aromatic hydroxyl groups is 1. The van der Waals surface area contributed by atoms with Gasteiger partial charge in [0, 0.05) is 49.1 Å². The summed E-state index contributed by atoms with van der Waals surface area (Å²) in [7, 11) is -3.87. The summed E-state index contributed by atoms with van der Waals surface area (Å²) in [5, 5.41) is 20.5. The van der Waals surface area contributed by atoms with Gasteiger partial charge in [0.1, 0.15) is 0 Å². The Morgan fingerprint density at radius 2 is 1.82 bits per heavy atom. The molecule has 0 atom stereocenters. The molecule has 0 saturated carbocycles. The molecule has 0 radical (unpaired) electrons. The van der Waals surface area contributed by atoms with E-state index in [1.165, 1.54) is 16.4 Å². The normalized spacial score (nSPS) is 18.2. The van der Waals surface area contributed by atoms with Crippen molar-refractivity contribution in [3.63, 3.8) is 0 Å². The van der Waals surface area contributed by atoms with Crippen molar-refractivity contribution in [3.8, 4) is 5.88 Å². The van der Waals surface area contributed by atoms with E-state index < -0.39 is 33.8 Å². The highest BCUT2D eigenvalue weighted by molar-refractivity contribution is 7.87. The summed E-state index contributed by atoms with van der Waals surface area (Å²) in [5.74, 6) is -1.39. The SMILES string of the molecule is O=C(NS(=O)(=O)N1CCCC1)C1CCN(c2nc(O)c(C(Cc3ccc(Cl)cc3C(F)(F)F)=c3ccc4c(c3)C=NN=4)s2)CC1. The van der Waals surface area contributed by atoms with Crippen LogP contribution in [0.3, 0.4) is 0 Å². The maximum Gasteiger partial charge on any atom is 0.416 e. The molecule has 0 bridgehead atoms. The quantitative estimate of drug-likeness (QED) is 0.393. The molecular formula is C29H28ClF3N6O4S2. The van der Waals surface area contributed by atoms with Crippen molar-refractivity contribution in [3.05, 3.63) is 73.6 Å². The van der Waals surface area contributed by atoms with E-state index in [1.54, 1.807) is 24.4 Å². The number of halogens is 4. The Morgan fingerprint density at radius 1 is 1.09 bits per heavy atom. The van der Waals surface area contributed by atoms with Crippen LogP contribution in [0.25, 0.3) is 5.57 Å². The van der Waals surface area contributed by atoms with Gasteiger partial charge in [-0.3, -0.25) is 4.79 Å². The first-order chi connectivity index (χ1) is 21.4. The molecule has 6 rings (SSSR count). The van der Waals surface area contributed by atoms with Gasteiger partial charge in [-0.15, -0.1) is 0 Å². The van der Waals surface area contributed by atoms with E-state index in [2.05, 4.69) is 19.9 Å². The summed E-state index contributed by atoms with van der Waals surface area (Å²) in [5.41, 5.74) is 0.217. The second-order valence-corrected chi connectivity index (χ2v) is 14.1. The zero-order chi connectivity index (χ0) is 31.9.